The van der Waals surface area contributed by atoms with Crippen LogP contribution in [0.3, 0.4) is 0 Å². The Labute approximate surface area is 110 Å². The van der Waals surface area contributed by atoms with Crippen LogP contribution in [0.5, 0.6) is 0 Å². The van der Waals surface area contributed by atoms with E-state index in [2.05, 4.69) is 5.10 Å². The second-order valence-electron chi connectivity index (χ2n) is 4.10. The average Bonchev–Trinajstić information content (AvgIpc) is 2.87. The summed E-state index contributed by atoms with van der Waals surface area (Å²) in [5.41, 5.74) is 0. The van der Waals surface area contributed by atoms with Crippen molar-refractivity contribution in [3.05, 3.63) is 12.4 Å². The number of aliphatic carboxylic acids is 1. The third-order valence-electron chi connectivity index (χ3n) is 2.77. The van der Waals surface area contributed by atoms with E-state index in [1.54, 1.807) is 0 Å². The molecule has 1 aromatic rings. The number of nitrogens with zero attached hydrogens (tertiary/aromatic N) is 3. The van der Waals surface area contributed by atoms with Crippen LogP contribution in [0.25, 0.3) is 0 Å². The van der Waals surface area contributed by atoms with Gasteiger partial charge in [0.25, 0.3) is 0 Å². The van der Waals surface area contributed by atoms with Crippen molar-refractivity contribution in [2.45, 2.75) is 17.9 Å². The number of morpholine rings is 1. The Morgan fingerprint density at radius 1 is 1.42 bits per heavy atom. The minimum absolute atomic E-state index is 0.0831. The molecule has 0 atom stereocenters. The number of hydrogen-bond acceptors (Lipinski definition) is 5. The fourth-order valence-electron chi connectivity index (χ4n) is 1.75. The highest BCUT2D eigenvalue weighted by Crippen LogP contribution is 2.16. The molecule has 2 rings (SSSR count). The summed E-state index contributed by atoms with van der Waals surface area (Å²) in [5, 5.41) is 12.4. The second kappa shape index (κ2) is 5.68. The van der Waals surface area contributed by atoms with Crippen molar-refractivity contribution < 1.29 is 23.1 Å². The predicted octanol–water partition coefficient (Wildman–Crippen LogP) is -0.621. The Kier molecular flexibility index (Phi) is 4.17. The third-order valence-corrected chi connectivity index (χ3v) is 4.62. The van der Waals surface area contributed by atoms with Gasteiger partial charge in [0.2, 0.25) is 10.0 Å². The zero-order valence-electron chi connectivity index (χ0n) is 10.2. The summed E-state index contributed by atoms with van der Waals surface area (Å²) in [6, 6.07) is 0. The third kappa shape index (κ3) is 3.31. The van der Waals surface area contributed by atoms with Gasteiger partial charge in [0.05, 0.1) is 32.4 Å². The van der Waals surface area contributed by atoms with Crippen LogP contribution in [0.1, 0.15) is 6.42 Å². The lowest BCUT2D eigenvalue weighted by Gasteiger charge is -2.25. The Balaban J connectivity index is 2.10. The van der Waals surface area contributed by atoms with E-state index in [-0.39, 0.29) is 17.9 Å². The molecule has 1 N–H and O–H groups in total. The Hall–Kier alpha value is -1.45. The van der Waals surface area contributed by atoms with Gasteiger partial charge in [-0.2, -0.15) is 9.40 Å². The number of aryl methyl sites for hydroxylation is 1. The van der Waals surface area contributed by atoms with E-state index >= 15 is 0 Å². The molecule has 1 aliphatic rings. The van der Waals surface area contributed by atoms with E-state index in [0.717, 1.165) is 0 Å². The van der Waals surface area contributed by atoms with Crippen molar-refractivity contribution in [2.24, 2.45) is 0 Å². The molecule has 0 amide bonds. The lowest BCUT2D eigenvalue weighted by Crippen LogP contribution is -2.40. The average molecular weight is 289 g/mol. The van der Waals surface area contributed by atoms with Crippen LogP contribution < -0.4 is 0 Å². The van der Waals surface area contributed by atoms with Gasteiger partial charge in [-0.05, 0) is 0 Å². The molecule has 0 spiro atoms. The molecule has 0 unspecified atom stereocenters. The molecular weight excluding hydrogens is 274 g/mol. The number of carboxylic acids is 1. The molecule has 8 nitrogen and oxygen atoms in total. The Bertz CT molecular complexity index is 547. The van der Waals surface area contributed by atoms with Gasteiger partial charge < -0.3 is 9.84 Å². The summed E-state index contributed by atoms with van der Waals surface area (Å²) in [4.78, 5) is 10.5. The van der Waals surface area contributed by atoms with Crippen molar-refractivity contribution in [1.29, 1.82) is 0 Å². The molecular formula is C10H15N3O5S. The minimum Gasteiger partial charge on any atom is -0.481 e. The lowest BCUT2D eigenvalue weighted by molar-refractivity contribution is -0.137. The van der Waals surface area contributed by atoms with Crippen molar-refractivity contribution in [3.8, 4) is 0 Å². The lowest BCUT2D eigenvalue weighted by atomic mass is 10.4. The monoisotopic (exact) mass is 289 g/mol. The first kappa shape index (κ1) is 14.0. The standard InChI is InChI=1S/C10H15N3O5S/c14-10(15)1-2-12-8-9(7-11-12)19(16,17)13-3-5-18-6-4-13/h7-8H,1-6H2,(H,14,15). The van der Waals surface area contributed by atoms with E-state index in [1.807, 2.05) is 0 Å². The first-order valence-electron chi connectivity index (χ1n) is 5.82. The highest BCUT2D eigenvalue weighted by atomic mass is 32.2. The smallest absolute Gasteiger partial charge is 0.305 e. The number of sulfonamides is 1. The Morgan fingerprint density at radius 2 is 2.11 bits per heavy atom. The van der Waals surface area contributed by atoms with Crippen molar-refractivity contribution >= 4 is 16.0 Å². The number of carbonyl (C=O) groups is 1. The SMILES string of the molecule is O=C(O)CCn1cc(S(=O)(=O)N2CCOCC2)cn1. The number of rotatable bonds is 5. The molecule has 106 valence electrons. The highest BCUT2D eigenvalue weighted by molar-refractivity contribution is 7.89. The van der Waals surface area contributed by atoms with Gasteiger partial charge in [-0.3, -0.25) is 9.48 Å². The van der Waals surface area contributed by atoms with E-state index in [0.29, 0.717) is 26.3 Å². The second-order valence-corrected chi connectivity index (χ2v) is 6.04. The largest absolute Gasteiger partial charge is 0.481 e. The summed E-state index contributed by atoms with van der Waals surface area (Å²) in [7, 11) is -3.56. The van der Waals surface area contributed by atoms with Crippen molar-refractivity contribution in [1.82, 2.24) is 14.1 Å². The summed E-state index contributed by atoms with van der Waals surface area (Å²) in [5.74, 6) is -0.951. The highest BCUT2D eigenvalue weighted by Gasteiger charge is 2.27. The predicted molar refractivity (Wildman–Crippen MR) is 64.1 cm³/mol. The number of carboxylic acid groups (broad SMARTS) is 1. The molecule has 0 aliphatic carbocycles. The van der Waals surface area contributed by atoms with Crippen molar-refractivity contribution in [2.75, 3.05) is 26.3 Å². The summed E-state index contributed by atoms with van der Waals surface area (Å²) in [6.07, 6.45) is 2.50. The van der Waals surface area contributed by atoms with E-state index in [4.69, 9.17) is 9.84 Å². The molecule has 0 bridgehead atoms. The van der Waals surface area contributed by atoms with Gasteiger partial charge in [-0.15, -0.1) is 0 Å². The van der Waals surface area contributed by atoms with E-state index in [9.17, 15) is 13.2 Å². The van der Waals surface area contributed by atoms with Crippen molar-refractivity contribution in [3.63, 3.8) is 0 Å². The quantitative estimate of drug-likeness (QED) is 0.775. The van der Waals surface area contributed by atoms with Gasteiger partial charge in [0, 0.05) is 19.3 Å². The number of hydrogen-bond donors (Lipinski definition) is 1. The van der Waals surface area contributed by atoms with E-state index in [1.165, 1.54) is 21.4 Å². The minimum atomic E-state index is -3.56. The maximum Gasteiger partial charge on any atom is 0.305 e. The summed E-state index contributed by atoms with van der Waals surface area (Å²) >= 11 is 0. The molecule has 1 aromatic heterocycles. The molecule has 2 heterocycles. The van der Waals surface area contributed by atoms with Crippen LogP contribution in [-0.4, -0.2) is 59.9 Å². The fraction of sp³-hybridized carbons (Fsp3) is 0.600. The summed E-state index contributed by atoms with van der Waals surface area (Å²) < 4.78 is 32.3. The Morgan fingerprint density at radius 3 is 2.74 bits per heavy atom. The van der Waals surface area contributed by atoms with Crippen LogP contribution in [0, 0.1) is 0 Å². The van der Waals surface area contributed by atoms with Gasteiger partial charge in [0.15, 0.2) is 0 Å². The maximum atomic E-state index is 12.2. The topological polar surface area (TPSA) is 102 Å². The molecule has 9 heteroatoms. The zero-order valence-corrected chi connectivity index (χ0v) is 11.0. The fourth-order valence-corrected chi connectivity index (χ4v) is 3.11. The normalized spacial score (nSPS) is 17.5. The molecule has 1 aliphatic heterocycles. The molecule has 0 saturated carbocycles. The van der Waals surface area contributed by atoms with Gasteiger partial charge in [0.1, 0.15) is 4.90 Å². The molecule has 1 fully saturated rings. The summed E-state index contributed by atoms with van der Waals surface area (Å²) in [6.45, 7) is 1.55. The van der Waals surface area contributed by atoms with Crippen LogP contribution in [0.4, 0.5) is 0 Å². The number of aromatic nitrogens is 2. The van der Waals surface area contributed by atoms with Gasteiger partial charge >= 0.3 is 5.97 Å². The van der Waals surface area contributed by atoms with E-state index < -0.39 is 16.0 Å². The first-order chi connectivity index (χ1) is 9.00. The molecule has 19 heavy (non-hydrogen) atoms. The van der Waals surface area contributed by atoms with Gasteiger partial charge in [-0.25, -0.2) is 8.42 Å². The van der Waals surface area contributed by atoms with Crippen LogP contribution in [-0.2, 0) is 26.1 Å². The molecule has 0 aromatic carbocycles. The zero-order chi connectivity index (χ0) is 13.9. The van der Waals surface area contributed by atoms with Crippen LogP contribution in [0.15, 0.2) is 17.3 Å². The molecule has 0 radical (unpaired) electrons. The molecule has 1 saturated heterocycles. The number of ether oxygens (including phenoxy) is 1. The first-order valence-corrected chi connectivity index (χ1v) is 7.26. The van der Waals surface area contributed by atoms with Crippen LogP contribution in [0.2, 0.25) is 0 Å². The van der Waals surface area contributed by atoms with Gasteiger partial charge in [-0.1, -0.05) is 0 Å². The maximum absolute atomic E-state index is 12.2. The van der Waals surface area contributed by atoms with Crippen LogP contribution >= 0.6 is 0 Å².